The Kier molecular flexibility index (Phi) is 6.36. The molecule has 2 unspecified atom stereocenters. The number of hydrogen-bond donors (Lipinski definition) is 1. The summed E-state index contributed by atoms with van der Waals surface area (Å²) in [5, 5.41) is 2.64. The maximum atomic E-state index is 12.1. The van der Waals surface area contributed by atoms with Crippen molar-refractivity contribution in [1.29, 1.82) is 0 Å². The first-order valence-electron chi connectivity index (χ1n) is 7.93. The lowest BCUT2D eigenvalue weighted by Gasteiger charge is -2.30. The summed E-state index contributed by atoms with van der Waals surface area (Å²) in [6, 6.07) is 7.01. The van der Waals surface area contributed by atoms with Crippen LogP contribution in [0.3, 0.4) is 0 Å². The first-order chi connectivity index (χ1) is 11.4. The quantitative estimate of drug-likeness (QED) is 0.629. The summed E-state index contributed by atoms with van der Waals surface area (Å²) in [5.74, 6) is -1.77. The molecule has 1 aliphatic heterocycles. The summed E-state index contributed by atoms with van der Waals surface area (Å²) >= 11 is 3.31. The molecule has 1 aromatic carbocycles. The normalized spacial score (nSPS) is 18.6. The smallest absolute Gasteiger partial charge is 0.397 e. The zero-order valence-corrected chi connectivity index (χ0v) is 15.3. The second kappa shape index (κ2) is 8.28. The van der Waals surface area contributed by atoms with Crippen LogP contribution in [-0.2, 0) is 19.1 Å². The average Bonchev–Trinajstić information content (AvgIpc) is 2.56. The minimum atomic E-state index is -1.05. The van der Waals surface area contributed by atoms with Gasteiger partial charge in [-0.15, -0.1) is 0 Å². The summed E-state index contributed by atoms with van der Waals surface area (Å²) in [7, 11) is 0. The van der Waals surface area contributed by atoms with E-state index in [9.17, 15) is 14.4 Å². The number of esters is 1. The van der Waals surface area contributed by atoms with E-state index in [4.69, 9.17) is 4.74 Å². The first kappa shape index (κ1) is 18.4. The largest absolute Gasteiger partial charge is 0.445 e. The number of amides is 2. The SMILES string of the molecule is CC1CCCN(C(=O)C(=O)OC(C)C(=O)Nc2ccc(Br)cc2)C1. The number of carbonyl (C=O) groups excluding carboxylic acids is 3. The van der Waals surface area contributed by atoms with E-state index in [0.717, 1.165) is 17.3 Å². The lowest BCUT2D eigenvalue weighted by atomic mass is 10.0. The molecule has 130 valence electrons. The topological polar surface area (TPSA) is 75.7 Å². The van der Waals surface area contributed by atoms with Gasteiger partial charge in [0, 0.05) is 23.2 Å². The van der Waals surface area contributed by atoms with Crippen LogP contribution in [0.2, 0.25) is 0 Å². The number of anilines is 1. The van der Waals surface area contributed by atoms with Gasteiger partial charge in [-0.3, -0.25) is 9.59 Å². The van der Waals surface area contributed by atoms with Crippen LogP contribution in [0.5, 0.6) is 0 Å². The Hall–Kier alpha value is -1.89. The van der Waals surface area contributed by atoms with Gasteiger partial charge >= 0.3 is 11.9 Å². The van der Waals surface area contributed by atoms with E-state index in [1.807, 2.05) is 6.92 Å². The highest BCUT2D eigenvalue weighted by Gasteiger charge is 2.29. The van der Waals surface area contributed by atoms with E-state index in [2.05, 4.69) is 21.2 Å². The van der Waals surface area contributed by atoms with Crippen LogP contribution < -0.4 is 5.32 Å². The molecule has 1 heterocycles. The second-order valence-corrected chi connectivity index (χ2v) is 6.96. The number of nitrogens with one attached hydrogen (secondary N) is 1. The Labute approximate surface area is 149 Å². The fourth-order valence-electron chi connectivity index (χ4n) is 2.54. The molecule has 24 heavy (non-hydrogen) atoms. The van der Waals surface area contributed by atoms with Crippen molar-refractivity contribution in [2.24, 2.45) is 5.92 Å². The Morgan fingerprint density at radius 1 is 1.29 bits per heavy atom. The first-order valence-corrected chi connectivity index (χ1v) is 8.72. The van der Waals surface area contributed by atoms with Gasteiger partial charge in [-0.05, 0) is 49.9 Å². The molecule has 2 amide bonds. The highest BCUT2D eigenvalue weighted by atomic mass is 79.9. The molecule has 0 aromatic heterocycles. The van der Waals surface area contributed by atoms with E-state index in [1.165, 1.54) is 11.8 Å². The van der Waals surface area contributed by atoms with Gasteiger partial charge in [0.05, 0.1) is 0 Å². The summed E-state index contributed by atoms with van der Waals surface area (Å²) in [6.07, 6.45) is 0.872. The summed E-state index contributed by atoms with van der Waals surface area (Å²) in [6.45, 7) is 4.59. The summed E-state index contributed by atoms with van der Waals surface area (Å²) in [5.41, 5.74) is 0.585. The van der Waals surface area contributed by atoms with Crippen molar-refractivity contribution >= 4 is 39.4 Å². The maximum Gasteiger partial charge on any atom is 0.397 e. The van der Waals surface area contributed by atoms with Crippen LogP contribution in [0, 0.1) is 5.92 Å². The van der Waals surface area contributed by atoms with E-state index in [0.29, 0.717) is 24.7 Å². The molecule has 0 radical (unpaired) electrons. The summed E-state index contributed by atoms with van der Waals surface area (Å²) < 4.78 is 5.90. The number of halogens is 1. The zero-order valence-electron chi connectivity index (χ0n) is 13.8. The predicted octanol–water partition coefficient (Wildman–Crippen LogP) is 2.58. The standard InChI is InChI=1S/C17H21BrN2O4/c1-11-4-3-9-20(10-11)16(22)17(23)24-12(2)15(21)19-14-7-5-13(18)6-8-14/h5-8,11-12H,3-4,9-10H2,1-2H3,(H,19,21). The fourth-order valence-corrected chi connectivity index (χ4v) is 2.81. The Morgan fingerprint density at radius 2 is 1.96 bits per heavy atom. The van der Waals surface area contributed by atoms with Gasteiger partial charge in [-0.2, -0.15) is 0 Å². The fraction of sp³-hybridized carbons (Fsp3) is 0.471. The number of nitrogens with zero attached hydrogens (tertiary/aromatic N) is 1. The Bertz CT molecular complexity index is 618. The van der Waals surface area contributed by atoms with Gasteiger partial charge in [0.25, 0.3) is 5.91 Å². The van der Waals surface area contributed by atoms with E-state index in [1.54, 1.807) is 24.3 Å². The molecule has 0 spiro atoms. The van der Waals surface area contributed by atoms with Gasteiger partial charge in [0.15, 0.2) is 6.10 Å². The van der Waals surface area contributed by atoms with Gasteiger partial charge < -0.3 is 15.0 Å². The van der Waals surface area contributed by atoms with Crippen LogP contribution in [0.15, 0.2) is 28.7 Å². The van der Waals surface area contributed by atoms with Gasteiger partial charge in [-0.1, -0.05) is 22.9 Å². The minimum Gasteiger partial charge on any atom is -0.445 e. The molecule has 6 nitrogen and oxygen atoms in total. The van der Waals surface area contributed by atoms with Gasteiger partial charge in [-0.25, -0.2) is 4.79 Å². The van der Waals surface area contributed by atoms with Crippen LogP contribution in [0.25, 0.3) is 0 Å². The van der Waals surface area contributed by atoms with E-state index < -0.39 is 23.9 Å². The zero-order chi connectivity index (χ0) is 17.7. The molecular formula is C17H21BrN2O4. The van der Waals surface area contributed by atoms with Crippen molar-refractivity contribution in [3.8, 4) is 0 Å². The van der Waals surface area contributed by atoms with Crippen molar-refractivity contribution in [3.05, 3.63) is 28.7 Å². The molecule has 0 bridgehead atoms. The third-order valence-electron chi connectivity index (χ3n) is 3.88. The molecular weight excluding hydrogens is 376 g/mol. The third-order valence-corrected chi connectivity index (χ3v) is 4.41. The average molecular weight is 397 g/mol. The number of ether oxygens (including phenoxy) is 1. The molecule has 1 aliphatic rings. The van der Waals surface area contributed by atoms with Crippen molar-refractivity contribution < 1.29 is 19.1 Å². The molecule has 1 fully saturated rings. The number of likely N-dealkylation sites (tertiary alicyclic amines) is 1. The third kappa shape index (κ3) is 5.06. The lowest BCUT2D eigenvalue weighted by Crippen LogP contribution is -2.45. The number of piperidine rings is 1. The molecule has 0 saturated carbocycles. The molecule has 2 atom stereocenters. The molecule has 0 aliphatic carbocycles. The van der Waals surface area contributed by atoms with Crippen LogP contribution >= 0.6 is 15.9 Å². The van der Waals surface area contributed by atoms with E-state index in [-0.39, 0.29) is 0 Å². The summed E-state index contributed by atoms with van der Waals surface area (Å²) in [4.78, 5) is 37.6. The highest BCUT2D eigenvalue weighted by Crippen LogP contribution is 2.16. The minimum absolute atomic E-state index is 0.369. The highest BCUT2D eigenvalue weighted by molar-refractivity contribution is 9.10. The van der Waals surface area contributed by atoms with Crippen LogP contribution in [0.4, 0.5) is 5.69 Å². The number of rotatable bonds is 3. The Morgan fingerprint density at radius 3 is 2.58 bits per heavy atom. The van der Waals surface area contributed by atoms with Crippen LogP contribution in [0.1, 0.15) is 26.7 Å². The monoisotopic (exact) mass is 396 g/mol. The van der Waals surface area contributed by atoms with Crippen molar-refractivity contribution in [3.63, 3.8) is 0 Å². The Balaban J connectivity index is 1.86. The number of carbonyl (C=O) groups is 3. The number of benzene rings is 1. The van der Waals surface area contributed by atoms with Crippen LogP contribution in [-0.4, -0.2) is 41.9 Å². The van der Waals surface area contributed by atoms with Crippen molar-refractivity contribution in [2.75, 3.05) is 18.4 Å². The second-order valence-electron chi connectivity index (χ2n) is 6.04. The maximum absolute atomic E-state index is 12.1. The molecule has 1 N–H and O–H groups in total. The molecule has 1 saturated heterocycles. The van der Waals surface area contributed by atoms with Crippen molar-refractivity contribution in [1.82, 2.24) is 4.90 Å². The molecule has 1 aromatic rings. The van der Waals surface area contributed by atoms with Gasteiger partial charge in [0.2, 0.25) is 0 Å². The van der Waals surface area contributed by atoms with Crippen molar-refractivity contribution in [2.45, 2.75) is 32.8 Å². The lowest BCUT2D eigenvalue weighted by molar-refractivity contribution is -0.165. The predicted molar refractivity (Wildman–Crippen MR) is 93.3 cm³/mol. The molecule has 2 rings (SSSR count). The van der Waals surface area contributed by atoms with Gasteiger partial charge in [0.1, 0.15) is 0 Å². The molecule has 7 heteroatoms. The van der Waals surface area contributed by atoms with E-state index >= 15 is 0 Å². The number of hydrogen-bond acceptors (Lipinski definition) is 4.